The van der Waals surface area contributed by atoms with E-state index in [1.807, 2.05) is 6.92 Å². The minimum absolute atomic E-state index is 0.0449. The molecule has 0 unspecified atom stereocenters. The molecule has 8 N–H and O–H groups in total. The van der Waals surface area contributed by atoms with E-state index >= 15 is 0 Å². The summed E-state index contributed by atoms with van der Waals surface area (Å²) in [6.07, 6.45) is 18.3. The molecule has 0 heterocycles. The third-order valence-corrected chi connectivity index (χ3v) is 11.6. The monoisotopic (exact) mass is 1020 g/mol. The highest BCUT2D eigenvalue weighted by Crippen LogP contribution is 2.15. The van der Waals surface area contributed by atoms with Crippen molar-refractivity contribution in [2.24, 2.45) is 5.92 Å². The molecule has 21 nitrogen and oxygen atoms in total. The van der Waals surface area contributed by atoms with Crippen LogP contribution in [0.4, 0.5) is 0 Å². The van der Waals surface area contributed by atoms with Crippen LogP contribution in [0.3, 0.4) is 0 Å². The Hall–Kier alpha value is -4.57. The summed E-state index contributed by atoms with van der Waals surface area (Å²) in [5.74, 6) is -5.48. The Bertz CT molecular complexity index is 1500. The second-order valence-corrected chi connectivity index (χ2v) is 17.7. The maximum atomic E-state index is 12.4. The molecule has 0 bridgehead atoms. The maximum Gasteiger partial charge on any atom is 0.326 e. The van der Waals surface area contributed by atoms with Crippen molar-refractivity contribution in [3.63, 3.8) is 0 Å². The first-order chi connectivity index (χ1) is 34.2. The van der Waals surface area contributed by atoms with Crippen LogP contribution < -0.4 is 21.3 Å². The Balaban J connectivity index is 3.81. The summed E-state index contributed by atoms with van der Waals surface area (Å²) in [6.45, 7) is 2.41. The second-order valence-electron chi connectivity index (χ2n) is 17.7. The largest absolute Gasteiger partial charge is 0.481 e. The average molecular weight is 1020 g/mol. The number of ether oxygens (including phenoxy) is 4. The number of rotatable bonds is 52. The summed E-state index contributed by atoms with van der Waals surface area (Å²) in [7, 11) is 0. The molecule has 0 aromatic rings. The SMILES string of the molecule is CC[C@@H](CCCCNC(=O)CC[C@H](NC(=O)COCCOCCCC(=O)COCCOCCNC(=O)CC[C@H](NC(=O)CCCCCCCCCCCCCCCCC(=O)O)C(=O)O)C(=O)O)C(=O)CO. The number of carbonyl (C=O) groups excluding carboxylic acids is 6. The first-order valence-corrected chi connectivity index (χ1v) is 26.0. The van der Waals surface area contributed by atoms with E-state index in [0.717, 1.165) is 44.9 Å². The third-order valence-electron chi connectivity index (χ3n) is 11.6. The van der Waals surface area contributed by atoms with Gasteiger partial charge in [-0.1, -0.05) is 90.4 Å². The van der Waals surface area contributed by atoms with Gasteiger partial charge in [0.2, 0.25) is 23.6 Å². The van der Waals surface area contributed by atoms with Gasteiger partial charge in [0.05, 0.1) is 33.0 Å². The molecule has 0 aliphatic heterocycles. The number of carbonyl (C=O) groups is 9. The molecule has 0 aliphatic rings. The molecule has 21 heteroatoms. The number of carboxylic acid groups (broad SMARTS) is 3. The minimum Gasteiger partial charge on any atom is -0.481 e. The summed E-state index contributed by atoms with van der Waals surface area (Å²) in [5, 5.41) is 46.9. The van der Waals surface area contributed by atoms with Gasteiger partial charge in [0.25, 0.3) is 0 Å². The Kier molecular flexibility index (Phi) is 43.5. The molecule has 0 aromatic heterocycles. The van der Waals surface area contributed by atoms with Crippen molar-refractivity contribution < 1.29 is 82.5 Å². The Morgan fingerprint density at radius 3 is 1.39 bits per heavy atom. The number of nitrogens with one attached hydrogen (secondary N) is 4. The van der Waals surface area contributed by atoms with Gasteiger partial charge >= 0.3 is 17.9 Å². The van der Waals surface area contributed by atoms with E-state index in [-0.39, 0.29) is 133 Å². The van der Waals surface area contributed by atoms with E-state index < -0.39 is 49.1 Å². The van der Waals surface area contributed by atoms with Gasteiger partial charge in [0, 0.05) is 57.7 Å². The third kappa shape index (κ3) is 42.8. The average Bonchev–Trinajstić information content (AvgIpc) is 3.33. The number of aliphatic carboxylic acids is 3. The fourth-order valence-corrected chi connectivity index (χ4v) is 7.39. The molecule has 0 spiro atoms. The lowest BCUT2D eigenvalue weighted by Gasteiger charge is -2.15. The van der Waals surface area contributed by atoms with E-state index in [1.165, 1.54) is 38.5 Å². The molecule has 0 saturated carbocycles. The van der Waals surface area contributed by atoms with Crippen LogP contribution in [-0.2, 0) is 62.1 Å². The van der Waals surface area contributed by atoms with Crippen LogP contribution >= 0.6 is 0 Å². The van der Waals surface area contributed by atoms with Crippen LogP contribution in [0.1, 0.15) is 174 Å². The molecule has 0 aromatic carbocycles. The molecule has 410 valence electrons. The lowest BCUT2D eigenvalue weighted by atomic mass is 9.95. The lowest BCUT2D eigenvalue weighted by Crippen LogP contribution is -2.43. The van der Waals surface area contributed by atoms with Crippen LogP contribution in [0.5, 0.6) is 0 Å². The molecule has 3 atom stereocenters. The van der Waals surface area contributed by atoms with Crippen molar-refractivity contribution in [1.82, 2.24) is 21.3 Å². The first-order valence-electron chi connectivity index (χ1n) is 26.0. The zero-order valence-corrected chi connectivity index (χ0v) is 42.5. The standard InChI is InChI=1S/C50H88N4O17/c1-2-39(43(57)36-55)20-17-18-28-51-44(58)26-25-42(50(66)67)54-47(61)38-71-35-32-68-30-19-21-40(56)37-70-34-33-69-31-29-52-45(59)27-24-41(49(64)65)53-46(60)22-15-13-11-9-7-5-3-4-6-8-10-12-14-16-23-48(62)63/h39,41-42,55H,2-38H2,1H3,(H,51,58)(H,52,59)(H,53,60)(H,54,61)(H,62,63)(H,64,65)(H,66,67)/t39-,41-,42-/m0/s1. The zero-order chi connectivity index (χ0) is 52.7. The van der Waals surface area contributed by atoms with Crippen molar-refractivity contribution in [2.75, 3.05) is 72.6 Å². The predicted molar refractivity (Wildman–Crippen MR) is 262 cm³/mol. The molecular weight excluding hydrogens is 929 g/mol. The maximum absolute atomic E-state index is 12.4. The summed E-state index contributed by atoms with van der Waals surface area (Å²) >= 11 is 0. The molecular formula is C50H88N4O17. The van der Waals surface area contributed by atoms with Gasteiger partial charge in [-0.3, -0.25) is 33.6 Å². The van der Waals surface area contributed by atoms with Gasteiger partial charge in [-0.25, -0.2) is 9.59 Å². The van der Waals surface area contributed by atoms with Crippen LogP contribution in [0.15, 0.2) is 0 Å². The predicted octanol–water partition coefficient (Wildman–Crippen LogP) is 4.42. The van der Waals surface area contributed by atoms with Crippen molar-refractivity contribution >= 4 is 53.1 Å². The Morgan fingerprint density at radius 1 is 0.423 bits per heavy atom. The molecule has 71 heavy (non-hydrogen) atoms. The highest BCUT2D eigenvalue weighted by atomic mass is 16.5. The van der Waals surface area contributed by atoms with Crippen molar-refractivity contribution in [3.8, 4) is 0 Å². The smallest absolute Gasteiger partial charge is 0.326 e. The highest BCUT2D eigenvalue weighted by molar-refractivity contribution is 5.86. The van der Waals surface area contributed by atoms with Crippen LogP contribution in [0.2, 0.25) is 0 Å². The number of Topliss-reactive ketones (excluding diaryl/α,β-unsaturated/α-hetero) is 2. The number of ketones is 2. The second kappa shape index (κ2) is 46.5. The number of aliphatic hydroxyl groups excluding tert-OH is 1. The number of amides is 4. The summed E-state index contributed by atoms with van der Waals surface area (Å²) in [5.41, 5.74) is 0. The Morgan fingerprint density at radius 2 is 0.887 bits per heavy atom. The molecule has 0 radical (unpaired) electrons. The normalized spacial score (nSPS) is 12.4. The van der Waals surface area contributed by atoms with Crippen LogP contribution in [0.25, 0.3) is 0 Å². The van der Waals surface area contributed by atoms with E-state index in [9.17, 15) is 53.4 Å². The molecule has 4 amide bonds. The van der Waals surface area contributed by atoms with Gasteiger partial charge in [-0.15, -0.1) is 0 Å². The van der Waals surface area contributed by atoms with Crippen molar-refractivity contribution in [1.29, 1.82) is 0 Å². The van der Waals surface area contributed by atoms with Crippen molar-refractivity contribution in [3.05, 3.63) is 0 Å². The fourth-order valence-electron chi connectivity index (χ4n) is 7.39. The topological polar surface area (TPSA) is 320 Å². The van der Waals surface area contributed by atoms with E-state index in [2.05, 4.69) is 21.3 Å². The first kappa shape index (κ1) is 66.4. The van der Waals surface area contributed by atoms with Crippen LogP contribution in [-0.4, -0.2) is 158 Å². The van der Waals surface area contributed by atoms with Gasteiger partial charge in [0.15, 0.2) is 11.6 Å². The number of hydrogen-bond acceptors (Lipinski definition) is 14. The summed E-state index contributed by atoms with van der Waals surface area (Å²) in [6, 6.07) is -2.44. The van der Waals surface area contributed by atoms with Gasteiger partial charge in [0.1, 0.15) is 31.9 Å². The molecule has 0 rings (SSSR count). The van der Waals surface area contributed by atoms with Crippen LogP contribution in [0, 0.1) is 5.92 Å². The molecule has 0 saturated heterocycles. The van der Waals surface area contributed by atoms with Gasteiger partial charge in [-0.05, 0) is 51.4 Å². The van der Waals surface area contributed by atoms with Gasteiger partial charge in [-0.2, -0.15) is 0 Å². The fraction of sp³-hybridized carbons (Fsp3) is 0.820. The zero-order valence-electron chi connectivity index (χ0n) is 42.5. The van der Waals surface area contributed by atoms with Crippen molar-refractivity contribution in [2.45, 2.75) is 186 Å². The van der Waals surface area contributed by atoms with E-state index in [1.54, 1.807) is 0 Å². The lowest BCUT2D eigenvalue weighted by molar-refractivity contribution is -0.143. The quantitative estimate of drug-likeness (QED) is 0.0391. The van der Waals surface area contributed by atoms with Gasteiger partial charge < -0.3 is 60.6 Å². The number of unbranched alkanes of at least 4 members (excludes halogenated alkanes) is 14. The number of aliphatic hydroxyl groups is 1. The number of hydrogen-bond donors (Lipinski definition) is 8. The summed E-state index contributed by atoms with van der Waals surface area (Å²) in [4.78, 5) is 106. The Labute approximate surface area is 420 Å². The molecule has 0 fully saturated rings. The van der Waals surface area contributed by atoms with E-state index in [0.29, 0.717) is 45.1 Å². The molecule has 0 aliphatic carbocycles. The summed E-state index contributed by atoms with van der Waals surface area (Å²) < 4.78 is 21.4. The minimum atomic E-state index is -1.29. The van der Waals surface area contributed by atoms with E-state index in [4.69, 9.17) is 29.2 Å². The number of carboxylic acids is 3. The highest BCUT2D eigenvalue weighted by Gasteiger charge is 2.22.